The SMILES string of the molecule is FC(F)(F)Sc1ccc(OCCBr)cc1. The Labute approximate surface area is 98.1 Å². The van der Waals surface area contributed by atoms with E-state index in [1.165, 1.54) is 24.3 Å². The van der Waals surface area contributed by atoms with Crippen molar-refractivity contribution in [1.82, 2.24) is 0 Å². The molecule has 0 bridgehead atoms. The maximum Gasteiger partial charge on any atom is 0.446 e. The molecule has 0 saturated carbocycles. The monoisotopic (exact) mass is 300 g/mol. The molecule has 15 heavy (non-hydrogen) atoms. The summed E-state index contributed by atoms with van der Waals surface area (Å²) >= 11 is 3.05. The Morgan fingerprint density at radius 2 is 1.80 bits per heavy atom. The zero-order valence-corrected chi connectivity index (χ0v) is 9.95. The van der Waals surface area contributed by atoms with Crippen molar-refractivity contribution in [2.24, 2.45) is 0 Å². The van der Waals surface area contributed by atoms with Crippen molar-refractivity contribution in [3.8, 4) is 5.75 Å². The van der Waals surface area contributed by atoms with Crippen LogP contribution in [-0.2, 0) is 0 Å². The van der Waals surface area contributed by atoms with Crippen LogP contribution in [0, 0.1) is 0 Å². The Hall–Kier alpha value is -0.360. The van der Waals surface area contributed by atoms with Crippen molar-refractivity contribution >= 4 is 27.7 Å². The number of rotatable bonds is 4. The van der Waals surface area contributed by atoms with Crippen LogP contribution in [0.25, 0.3) is 0 Å². The number of hydrogen-bond acceptors (Lipinski definition) is 2. The molecule has 0 aliphatic heterocycles. The minimum absolute atomic E-state index is 0.132. The Morgan fingerprint density at radius 3 is 2.27 bits per heavy atom. The van der Waals surface area contributed by atoms with Gasteiger partial charge < -0.3 is 4.74 Å². The first-order valence-electron chi connectivity index (χ1n) is 4.06. The van der Waals surface area contributed by atoms with E-state index in [4.69, 9.17) is 4.74 Å². The Bertz CT molecular complexity index is 299. The highest BCUT2D eigenvalue weighted by Gasteiger charge is 2.28. The summed E-state index contributed by atoms with van der Waals surface area (Å²) in [6, 6.07) is 5.83. The molecule has 0 fully saturated rings. The number of halogens is 4. The van der Waals surface area contributed by atoms with Gasteiger partial charge in [0.2, 0.25) is 0 Å². The van der Waals surface area contributed by atoms with Gasteiger partial charge in [-0.3, -0.25) is 0 Å². The van der Waals surface area contributed by atoms with Crippen LogP contribution in [0.5, 0.6) is 5.75 Å². The van der Waals surface area contributed by atoms with Crippen LogP contribution in [-0.4, -0.2) is 17.4 Å². The van der Waals surface area contributed by atoms with Crippen LogP contribution >= 0.6 is 27.7 Å². The highest BCUT2D eigenvalue weighted by Crippen LogP contribution is 2.37. The molecule has 0 aliphatic carbocycles. The first kappa shape index (κ1) is 12.7. The first-order valence-corrected chi connectivity index (χ1v) is 5.99. The predicted molar refractivity (Wildman–Crippen MR) is 57.6 cm³/mol. The summed E-state index contributed by atoms with van der Waals surface area (Å²) in [5.74, 6) is 0.570. The summed E-state index contributed by atoms with van der Waals surface area (Å²) in [5.41, 5.74) is -4.24. The van der Waals surface area contributed by atoms with Crippen LogP contribution in [0.1, 0.15) is 0 Å². The molecule has 0 spiro atoms. The minimum atomic E-state index is -4.24. The van der Waals surface area contributed by atoms with Crippen LogP contribution in [0.2, 0.25) is 0 Å². The summed E-state index contributed by atoms with van der Waals surface area (Å²) in [6.45, 7) is 0.492. The largest absolute Gasteiger partial charge is 0.493 e. The van der Waals surface area contributed by atoms with E-state index in [0.29, 0.717) is 17.7 Å². The van der Waals surface area contributed by atoms with E-state index in [9.17, 15) is 13.2 Å². The van der Waals surface area contributed by atoms with Gasteiger partial charge in [-0.2, -0.15) is 13.2 Å². The average molecular weight is 301 g/mol. The van der Waals surface area contributed by atoms with Gasteiger partial charge in [0.1, 0.15) is 5.75 Å². The number of thioether (sulfide) groups is 1. The zero-order valence-electron chi connectivity index (χ0n) is 7.55. The average Bonchev–Trinajstić information content (AvgIpc) is 2.14. The molecule has 0 aromatic heterocycles. The fourth-order valence-corrected chi connectivity index (χ4v) is 1.60. The van der Waals surface area contributed by atoms with E-state index in [-0.39, 0.29) is 16.7 Å². The van der Waals surface area contributed by atoms with E-state index in [0.717, 1.165) is 0 Å². The van der Waals surface area contributed by atoms with Gasteiger partial charge in [-0.25, -0.2) is 0 Å². The van der Waals surface area contributed by atoms with Gasteiger partial charge >= 0.3 is 5.51 Å². The van der Waals surface area contributed by atoms with Crippen molar-refractivity contribution in [2.75, 3.05) is 11.9 Å². The molecule has 0 N–H and O–H groups in total. The second-order valence-electron chi connectivity index (χ2n) is 2.56. The predicted octanol–water partition coefficient (Wildman–Crippen LogP) is 4.07. The molecule has 0 amide bonds. The summed E-state index contributed by atoms with van der Waals surface area (Å²) in [6.07, 6.45) is 0. The van der Waals surface area contributed by atoms with Gasteiger partial charge in [-0.15, -0.1) is 0 Å². The molecule has 0 saturated heterocycles. The number of ether oxygens (including phenoxy) is 1. The van der Waals surface area contributed by atoms with E-state index >= 15 is 0 Å². The van der Waals surface area contributed by atoms with Crippen LogP contribution < -0.4 is 4.74 Å². The lowest BCUT2D eigenvalue weighted by Gasteiger charge is -2.07. The highest BCUT2D eigenvalue weighted by molar-refractivity contribution is 9.09. The van der Waals surface area contributed by atoms with Gasteiger partial charge in [-0.05, 0) is 36.0 Å². The Kier molecular flexibility index (Phi) is 4.79. The van der Waals surface area contributed by atoms with Crippen molar-refractivity contribution in [1.29, 1.82) is 0 Å². The second-order valence-corrected chi connectivity index (χ2v) is 4.49. The lowest BCUT2D eigenvalue weighted by Crippen LogP contribution is -1.99. The fourth-order valence-electron chi connectivity index (χ4n) is 0.894. The molecule has 0 radical (unpaired) electrons. The molecular formula is C9H8BrF3OS. The van der Waals surface area contributed by atoms with Crippen molar-refractivity contribution < 1.29 is 17.9 Å². The molecule has 1 rings (SSSR count). The smallest absolute Gasteiger partial charge is 0.446 e. The second kappa shape index (κ2) is 5.65. The van der Waals surface area contributed by atoms with Crippen molar-refractivity contribution in [3.05, 3.63) is 24.3 Å². The summed E-state index contributed by atoms with van der Waals surface area (Å²) in [4.78, 5) is 0.161. The quantitative estimate of drug-likeness (QED) is 0.612. The van der Waals surface area contributed by atoms with E-state index in [1.807, 2.05) is 0 Å². The van der Waals surface area contributed by atoms with Crippen LogP contribution in [0.4, 0.5) is 13.2 Å². The van der Waals surface area contributed by atoms with Gasteiger partial charge in [0.05, 0.1) is 6.61 Å². The molecule has 6 heteroatoms. The number of alkyl halides is 4. The minimum Gasteiger partial charge on any atom is -0.493 e. The molecule has 1 nitrogen and oxygen atoms in total. The fraction of sp³-hybridized carbons (Fsp3) is 0.333. The molecular weight excluding hydrogens is 293 g/mol. The number of benzene rings is 1. The van der Waals surface area contributed by atoms with Gasteiger partial charge in [0.15, 0.2) is 0 Å². The normalized spacial score (nSPS) is 11.5. The first-order chi connectivity index (χ1) is 7.01. The zero-order chi connectivity index (χ0) is 11.3. The van der Waals surface area contributed by atoms with Crippen LogP contribution in [0.15, 0.2) is 29.2 Å². The summed E-state index contributed by atoms with van der Waals surface area (Å²) < 4.78 is 41.1. The lowest BCUT2D eigenvalue weighted by molar-refractivity contribution is -0.0328. The topological polar surface area (TPSA) is 9.23 Å². The van der Waals surface area contributed by atoms with Gasteiger partial charge in [0, 0.05) is 10.2 Å². The molecule has 0 unspecified atom stereocenters. The third-order valence-electron chi connectivity index (χ3n) is 1.40. The summed E-state index contributed by atoms with van der Waals surface area (Å²) in [7, 11) is 0. The van der Waals surface area contributed by atoms with Gasteiger partial charge in [-0.1, -0.05) is 15.9 Å². The van der Waals surface area contributed by atoms with Crippen LogP contribution in [0.3, 0.4) is 0 Å². The van der Waals surface area contributed by atoms with Crippen molar-refractivity contribution in [3.63, 3.8) is 0 Å². The summed E-state index contributed by atoms with van der Waals surface area (Å²) in [5, 5.41) is 0.687. The highest BCUT2D eigenvalue weighted by atomic mass is 79.9. The molecule has 84 valence electrons. The standard InChI is InChI=1S/C9H8BrF3OS/c10-5-6-14-7-1-3-8(4-2-7)15-9(11,12)13/h1-4H,5-6H2. The van der Waals surface area contributed by atoms with Gasteiger partial charge in [0.25, 0.3) is 0 Å². The molecule has 0 heterocycles. The van der Waals surface area contributed by atoms with E-state index < -0.39 is 5.51 Å². The Morgan fingerprint density at radius 1 is 1.20 bits per heavy atom. The Balaban J connectivity index is 2.56. The number of hydrogen-bond donors (Lipinski definition) is 0. The third-order valence-corrected chi connectivity index (χ3v) is 2.47. The molecule has 0 aliphatic rings. The van der Waals surface area contributed by atoms with E-state index in [1.54, 1.807) is 0 Å². The van der Waals surface area contributed by atoms with Crippen molar-refractivity contribution in [2.45, 2.75) is 10.4 Å². The maximum atomic E-state index is 12.0. The molecule has 1 aromatic rings. The lowest BCUT2D eigenvalue weighted by atomic mass is 10.3. The van der Waals surface area contributed by atoms with E-state index in [2.05, 4.69) is 15.9 Å². The molecule has 1 aromatic carbocycles. The maximum absolute atomic E-state index is 12.0. The third kappa shape index (κ3) is 5.32. The molecule has 0 atom stereocenters.